The minimum absolute atomic E-state index is 0.122. The highest BCUT2D eigenvalue weighted by Gasteiger charge is 2.49. The molecule has 3 rings (SSSR count). The number of ether oxygens (including phenoxy) is 4. The lowest BCUT2D eigenvalue weighted by atomic mass is 10.1. The van der Waals surface area contributed by atoms with Gasteiger partial charge in [0.1, 0.15) is 24.1 Å². The molecule has 2 aliphatic heterocycles. The van der Waals surface area contributed by atoms with Crippen molar-refractivity contribution in [3.8, 4) is 5.75 Å². The van der Waals surface area contributed by atoms with Crippen LogP contribution in [-0.2, 0) is 14.2 Å². The first-order chi connectivity index (χ1) is 10.6. The topological polar surface area (TPSA) is 80.1 Å². The number of nitro benzene ring substituents is 1. The van der Waals surface area contributed by atoms with E-state index in [0.29, 0.717) is 13.2 Å². The Balaban J connectivity index is 1.75. The van der Waals surface area contributed by atoms with Gasteiger partial charge in [-0.2, -0.15) is 0 Å². The molecule has 4 atom stereocenters. The molecule has 1 aromatic rings. The summed E-state index contributed by atoms with van der Waals surface area (Å²) in [6.45, 7) is 3.02. The van der Waals surface area contributed by atoms with Crippen molar-refractivity contribution < 1.29 is 28.3 Å². The summed E-state index contributed by atoms with van der Waals surface area (Å²) < 4.78 is 35.7. The summed E-state index contributed by atoms with van der Waals surface area (Å²) in [5, 5.41) is 11.0. The smallest absolute Gasteiger partial charge is 0.311 e. The Labute approximate surface area is 126 Å². The molecule has 0 aliphatic carbocycles. The third kappa shape index (κ3) is 2.77. The summed E-state index contributed by atoms with van der Waals surface area (Å²) in [7, 11) is 0. The molecule has 2 fully saturated rings. The minimum atomic E-state index is -0.611. The Morgan fingerprint density at radius 2 is 2.00 bits per heavy atom. The van der Waals surface area contributed by atoms with E-state index < -0.39 is 16.8 Å². The van der Waals surface area contributed by atoms with Crippen molar-refractivity contribution in [1.82, 2.24) is 0 Å². The molecular formula is C14H16FNO6. The fraction of sp³-hybridized carbons (Fsp3) is 0.571. The number of fused-ring (bicyclic) bond motifs is 1. The fourth-order valence-corrected chi connectivity index (χ4v) is 2.78. The van der Waals surface area contributed by atoms with Crippen LogP contribution in [0.1, 0.15) is 6.92 Å². The average molecular weight is 313 g/mol. The highest BCUT2D eigenvalue weighted by Crippen LogP contribution is 2.34. The molecule has 0 amide bonds. The van der Waals surface area contributed by atoms with Gasteiger partial charge in [0, 0.05) is 18.7 Å². The van der Waals surface area contributed by atoms with Gasteiger partial charge in [0.15, 0.2) is 11.9 Å². The second kappa shape index (κ2) is 6.15. The maximum absolute atomic E-state index is 13.3. The molecule has 0 aromatic heterocycles. The fourth-order valence-electron chi connectivity index (χ4n) is 2.78. The molecule has 4 unspecified atom stereocenters. The van der Waals surface area contributed by atoms with Gasteiger partial charge in [0.05, 0.1) is 18.1 Å². The van der Waals surface area contributed by atoms with Crippen molar-refractivity contribution in [3.05, 3.63) is 34.1 Å². The van der Waals surface area contributed by atoms with Gasteiger partial charge in [0.25, 0.3) is 0 Å². The lowest BCUT2D eigenvalue weighted by Gasteiger charge is -2.18. The van der Waals surface area contributed by atoms with Gasteiger partial charge in [-0.1, -0.05) is 0 Å². The number of rotatable bonds is 5. The summed E-state index contributed by atoms with van der Waals surface area (Å²) in [6.07, 6.45) is -1.35. The monoisotopic (exact) mass is 313 g/mol. The minimum Gasteiger partial charge on any atom is -0.478 e. The van der Waals surface area contributed by atoms with Crippen LogP contribution < -0.4 is 4.74 Å². The van der Waals surface area contributed by atoms with E-state index in [-0.39, 0.29) is 36.4 Å². The second-order valence-corrected chi connectivity index (χ2v) is 5.12. The van der Waals surface area contributed by atoms with Crippen LogP contribution in [-0.4, -0.2) is 49.2 Å². The van der Waals surface area contributed by atoms with Gasteiger partial charge in [0.2, 0.25) is 0 Å². The van der Waals surface area contributed by atoms with Crippen LogP contribution in [0.25, 0.3) is 0 Å². The van der Waals surface area contributed by atoms with E-state index in [0.717, 1.165) is 18.2 Å². The van der Waals surface area contributed by atoms with E-state index in [1.165, 1.54) is 0 Å². The summed E-state index contributed by atoms with van der Waals surface area (Å²) in [6, 6.07) is 3.10. The molecular weight excluding hydrogens is 297 g/mol. The van der Waals surface area contributed by atoms with Crippen LogP contribution >= 0.6 is 0 Å². The van der Waals surface area contributed by atoms with E-state index in [4.69, 9.17) is 18.9 Å². The summed E-state index contributed by atoms with van der Waals surface area (Å²) in [4.78, 5) is 10.4. The van der Waals surface area contributed by atoms with Crippen LogP contribution in [0, 0.1) is 15.9 Å². The predicted molar refractivity (Wildman–Crippen MR) is 72.4 cm³/mol. The van der Waals surface area contributed by atoms with E-state index in [9.17, 15) is 14.5 Å². The molecule has 22 heavy (non-hydrogen) atoms. The van der Waals surface area contributed by atoms with Crippen molar-refractivity contribution in [2.75, 3.05) is 19.8 Å². The van der Waals surface area contributed by atoms with E-state index in [2.05, 4.69) is 0 Å². The van der Waals surface area contributed by atoms with Crippen LogP contribution in [0.15, 0.2) is 18.2 Å². The Hall–Kier alpha value is -1.77. The molecule has 8 heteroatoms. The lowest BCUT2D eigenvalue weighted by molar-refractivity contribution is -0.386. The highest BCUT2D eigenvalue weighted by atomic mass is 19.1. The Kier molecular flexibility index (Phi) is 4.23. The first kappa shape index (κ1) is 15.1. The maximum atomic E-state index is 13.3. The molecule has 0 radical (unpaired) electrons. The Morgan fingerprint density at radius 1 is 1.32 bits per heavy atom. The van der Waals surface area contributed by atoms with E-state index in [1.54, 1.807) is 0 Å². The number of nitrogens with zero attached hydrogens (tertiary/aromatic N) is 1. The number of halogens is 1. The number of hydrogen-bond donors (Lipinski definition) is 0. The molecule has 0 bridgehead atoms. The lowest BCUT2D eigenvalue weighted by Crippen LogP contribution is -2.35. The van der Waals surface area contributed by atoms with Gasteiger partial charge in [-0.3, -0.25) is 10.1 Å². The predicted octanol–water partition coefficient (Wildman–Crippen LogP) is 1.68. The molecule has 7 nitrogen and oxygen atoms in total. The summed E-state index contributed by atoms with van der Waals surface area (Å²) in [5.74, 6) is -0.724. The second-order valence-electron chi connectivity index (χ2n) is 5.12. The van der Waals surface area contributed by atoms with Gasteiger partial charge in [-0.15, -0.1) is 0 Å². The molecule has 0 spiro atoms. The van der Waals surface area contributed by atoms with E-state index in [1.807, 2.05) is 6.92 Å². The standard InChI is InChI=1S/C14H16FNO6/c1-2-19-11-6-20-14-12(7-21-13(11)14)22-10-5-8(15)3-4-9(10)16(17)18/h3-5,11-14H,2,6-7H2,1H3. The molecule has 0 saturated carbocycles. The third-order valence-corrected chi connectivity index (χ3v) is 3.74. The third-order valence-electron chi connectivity index (χ3n) is 3.74. The van der Waals surface area contributed by atoms with Crippen molar-refractivity contribution in [1.29, 1.82) is 0 Å². The molecule has 2 saturated heterocycles. The van der Waals surface area contributed by atoms with Crippen LogP contribution in [0.4, 0.5) is 10.1 Å². The highest BCUT2D eigenvalue weighted by molar-refractivity contribution is 5.46. The van der Waals surface area contributed by atoms with Gasteiger partial charge in [-0.05, 0) is 13.0 Å². The zero-order valence-corrected chi connectivity index (χ0v) is 11.9. The molecule has 120 valence electrons. The number of nitro groups is 1. The van der Waals surface area contributed by atoms with Crippen molar-refractivity contribution in [2.24, 2.45) is 0 Å². The van der Waals surface area contributed by atoms with Crippen molar-refractivity contribution >= 4 is 5.69 Å². The normalized spacial score (nSPS) is 30.3. The first-order valence-corrected chi connectivity index (χ1v) is 7.05. The van der Waals surface area contributed by atoms with Crippen molar-refractivity contribution in [2.45, 2.75) is 31.3 Å². The molecule has 0 N–H and O–H groups in total. The SMILES string of the molecule is CCOC1COC2C(Oc3cc(F)ccc3[N+](=O)[O-])COC12. The first-order valence-electron chi connectivity index (χ1n) is 7.05. The largest absolute Gasteiger partial charge is 0.478 e. The number of benzene rings is 1. The average Bonchev–Trinajstić information content (AvgIpc) is 3.03. The Bertz CT molecular complexity index is 568. The zero-order valence-electron chi connectivity index (χ0n) is 11.9. The van der Waals surface area contributed by atoms with Crippen LogP contribution in [0.2, 0.25) is 0 Å². The van der Waals surface area contributed by atoms with Gasteiger partial charge >= 0.3 is 5.69 Å². The zero-order chi connectivity index (χ0) is 15.7. The van der Waals surface area contributed by atoms with Gasteiger partial charge < -0.3 is 18.9 Å². The van der Waals surface area contributed by atoms with Crippen LogP contribution in [0.3, 0.4) is 0 Å². The Morgan fingerprint density at radius 3 is 2.68 bits per heavy atom. The maximum Gasteiger partial charge on any atom is 0.311 e. The van der Waals surface area contributed by atoms with Crippen molar-refractivity contribution in [3.63, 3.8) is 0 Å². The summed E-state index contributed by atoms with van der Waals surface area (Å²) >= 11 is 0. The molecule has 1 aromatic carbocycles. The molecule has 2 aliphatic rings. The molecule has 2 heterocycles. The van der Waals surface area contributed by atoms with Gasteiger partial charge in [-0.25, -0.2) is 4.39 Å². The van der Waals surface area contributed by atoms with E-state index >= 15 is 0 Å². The van der Waals surface area contributed by atoms with Crippen LogP contribution in [0.5, 0.6) is 5.75 Å². The number of hydrogen-bond acceptors (Lipinski definition) is 6. The quantitative estimate of drug-likeness (QED) is 0.608. The summed E-state index contributed by atoms with van der Waals surface area (Å²) in [5.41, 5.74) is -0.288.